The summed E-state index contributed by atoms with van der Waals surface area (Å²) in [7, 11) is 3.02. The van der Waals surface area contributed by atoms with Gasteiger partial charge in [0.2, 0.25) is 0 Å². The maximum absolute atomic E-state index is 13.5. The summed E-state index contributed by atoms with van der Waals surface area (Å²) in [5.74, 6) is -0.529. The van der Waals surface area contributed by atoms with Crippen molar-refractivity contribution < 1.29 is 19.6 Å². The Balaban J connectivity index is 1.56. The number of ether oxygens (including phenoxy) is 1. The molecule has 1 aliphatic carbocycles. The highest BCUT2D eigenvalue weighted by Gasteiger charge is 2.44. The molecule has 1 atom stereocenters. The van der Waals surface area contributed by atoms with Crippen molar-refractivity contribution >= 4 is 23.3 Å². The molecule has 1 aliphatic heterocycles. The van der Waals surface area contributed by atoms with Gasteiger partial charge in [-0.15, -0.1) is 0 Å². The molecule has 182 valence electrons. The molecular formula is C29H22N3O5+. The number of rotatable bonds is 3. The summed E-state index contributed by atoms with van der Waals surface area (Å²) in [6.07, 6.45) is 0. The highest BCUT2D eigenvalue weighted by Crippen LogP contribution is 2.44. The highest BCUT2D eigenvalue weighted by molar-refractivity contribution is 6.21. The van der Waals surface area contributed by atoms with Gasteiger partial charge in [0.25, 0.3) is 11.4 Å². The van der Waals surface area contributed by atoms with Gasteiger partial charge in [0.1, 0.15) is 22.8 Å². The standard InChI is InChI=1S/C29H21N3O5/c1-31-26-23(27(34)32(2)29(31)36)21(22-24(30-26)19-13-6-7-14-20(19)25(22)33)17-11-8-12-18(15-17)37-28(35)16-9-4-3-5-10-16/h3-15,21,33H,1-2H3/p+1. The van der Waals surface area contributed by atoms with Crippen LogP contribution in [-0.4, -0.2) is 25.9 Å². The number of hydrogen-bond acceptors (Lipinski definition) is 5. The number of carbonyl (C=O) groups is 1. The number of allylic oxidation sites excluding steroid dienone is 1. The fourth-order valence-electron chi connectivity index (χ4n) is 5.11. The van der Waals surface area contributed by atoms with Gasteiger partial charge in [0.05, 0.1) is 24.1 Å². The first-order chi connectivity index (χ1) is 17.9. The number of esters is 1. The lowest BCUT2D eigenvalue weighted by Gasteiger charge is -2.24. The SMILES string of the molecule is Cn1c2c(c(=O)n(C)c1=O)C(c1cccc(OC(=O)c3ccccc3)c1)C1=C(O)c3ccccc3C1=[NH+]2. The van der Waals surface area contributed by atoms with Gasteiger partial charge in [-0.05, 0) is 35.9 Å². The summed E-state index contributed by atoms with van der Waals surface area (Å²) in [4.78, 5) is 42.2. The summed E-state index contributed by atoms with van der Waals surface area (Å²) in [5.41, 5.74) is 2.96. The van der Waals surface area contributed by atoms with E-state index >= 15 is 0 Å². The van der Waals surface area contributed by atoms with Gasteiger partial charge in [-0.3, -0.25) is 4.79 Å². The summed E-state index contributed by atoms with van der Waals surface area (Å²) in [6.45, 7) is 0. The minimum absolute atomic E-state index is 0.0522. The van der Waals surface area contributed by atoms with Crippen molar-refractivity contribution in [2.45, 2.75) is 5.92 Å². The maximum Gasteiger partial charge on any atom is 0.417 e. The fraction of sp³-hybridized carbons (Fsp3) is 0.103. The van der Waals surface area contributed by atoms with Crippen LogP contribution in [0.15, 0.2) is 94.0 Å². The number of hydrogen-bond donors (Lipinski definition) is 2. The van der Waals surface area contributed by atoms with E-state index < -0.39 is 23.1 Å². The van der Waals surface area contributed by atoms with Crippen LogP contribution in [0, 0.1) is 0 Å². The van der Waals surface area contributed by atoms with Gasteiger partial charge >= 0.3 is 11.7 Å². The minimum Gasteiger partial charge on any atom is -0.507 e. The lowest BCUT2D eigenvalue weighted by Crippen LogP contribution is -2.73. The van der Waals surface area contributed by atoms with Crippen molar-refractivity contribution in [1.82, 2.24) is 9.13 Å². The Labute approximate surface area is 211 Å². The van der Waals surface area contributed by atoms with Crippen molar-refractivity contribution in [3.05, 3.63) is 133 Å². The van der Waals surface area contributed by atoms with Crippen molar-refractivity contribution in [2.24, 2.45) is 14.1 Å². The molecule has 4 aromatic rings. The van der Waals surface area contributed by atoms with Crippen LogP contribution in [0.4, 0.5) is 5.82 Å². The zero-order valence-electron chi connectivity index (χ0n) is 20.1. The lowest BCUT2D eigenvalue weighted by molar-refractivity contribution is -0.364. The smallest absolute Gasteiger partial charge is 0.417 e. The Morgan fingerprint density at radius 2 is 1.59 bits per heavy atom. The van der Waals surface area contributed by atoms with Crippen molar-refractivity contribution in [1.29, 1.82) is 0 Å². The first-order valence-corrected chi connectivity index (χ1v) is 11.7. The van der Waals surface area contributed by atoms with E-state index in [1.54, 1.807) is 49.5 Å². The van der Waals surface area contributed by atoms with Crippen LogP contribution < -0.4 is 21.0 Å². The Bertz CT molecular complexity index is 1790. The third kappa shape index (κ3) is 3.37. The molecule has 6 rings (SSSR count). The topological polar surface area (TPSA) is 105 Å². The lowest BCUT2D eigenvalue weighted by atomic mass is 9.81. The van der Waals surface area contributed by atoms with Crippen LogP contribution in [0.5, 0.6) is 5.75 Å². The zero-order chi connectivity index (χ0) is 25.8. The molecule has 8 heteroatoms. The Morgan fingerprint density at radius 1 is 0.892 bits per heavy atom. The van der Waals surface area contributed by atoms with Crippen LogP contribution >= 0.6 is 0 Å². The van der Waals surface area contributed by atoms with E-state index in [1.807, 2.05) is 36.4 Å². The van der Waals surface area contributed by atoms with Crippen LogP contribution in [0.3, 0.4) is 0 Å². The normalized spacial score (nSPS) is 15.5. The number of aliphatic hydroxyl groups is 1. The minimum atomic E-state index is -0.723. The largest absolute Gasteiger partial charge is 0.507 e. The molecule has 37 heavy (non-hydrogen) atoms. The van der Waals surface area contributed by atoms with Gasteiger partial charge in [-0.1, -0.05) is 48.5 Å². The summed E-state index contributed by atoms with van der Waals surface area (Å²) >= 11 is 0. The first kappa shape index (κ1) is 22.5. The molecule has 2 N–H and O–H groups in total. The van der Waals surface area contributed by atoms with Crippen LogP contribution in [0.1, 0.15) is 38.5 Å². The quantitative estimate of drug-likeness (QED) is 0.336. The van der Waals surface area contributed by atoms with Crippen molar-refractivity contribution in [2.75, 3.05) is 0 Å². The van der Waals surface area contributed by atoms with Crippen LogP contribution in [0.2, 0.25) is 0 Å². The number of benzene rings is 3. The molecule has 0 bridgehead atoms. The van der Waals surface area contributed by atoms with Gasteiger partial charge in [-0.25, -0.2) is 19.1 Å². The first-order valence-electron chi connectivity index (χ1n) is 11.7. The van der Waals surface area contributed by atoms with E-state index in [0.29, 0.717) is 45.1 Å². The predicted octanol–water partition coefficient (Wildman–Crippen LogP) is 1.93. The molecule has 3 aromatic carbocycles. The molecule has 1 aromatic heterocycles. The Hall–Kier alpha value is -4.98. The molecule has 0 radical (unpaired) electrons. The van der Waals surface area contributed by atoms with Gasteiger partial charge in [0, 0.05) is 18.2 Å². The van der Waals surface area contributed by atoms with E-state index in [1.165, 1.54) is 11.6 Å². The van der Waals surface area contributed by atoms with Crippen molar-refractivity contribution in [3.8, 4) is 5.75 Å². The molecule has 0 saturated carbocycles. The summed E-state index contributed by atoms with van der Waals surface area (Å²) < 4.78 is 8.08. The third-order valence-electron chi connectivity index (χ3n) is 6.91. The molecule has 2 aliphatic rings. The molecule has 1 unspecified atom stereocenters. The summed E-state index contributed by atoms with van der Waals surface area (Å²) in [5, 5.41) is 11.3. The molecule has 0 amide bonds. The van der Waals surface area contributed by atoms with E-state index in [-0.39, 0.29) is 5.76 Å². The molecule has 0 spiro atoms. The van der Waals surface area contributed by atoms with Crippen molar-refractivity contribution in [3.63, 3.8) is 0 Å². The number of aromatic nitrogens is 2. The number of carbonyl (C=O) groups excluding carboxylic acids is 1. The number of fused-ring (bicyclic) bond motifs is 4. The number of nitrogens with one attached hydrogen (secondary N) is 1. The third-order valence-corrected chi connectivity index (χ3v) is 6.91. The second-order valence-electron chi connectivity index (χ2n) is 9.04. The van der Waals surface area contributed by atoms with E-state index in [4.69, 9.17) is 4.74 Å². The monoisotopic (exact) mass is 492 g/mol. The number of aliphatic hydroxyl groups excluding tert-OH is 1. The van der Waals surface area contributed by atoms with E-state index in [2.05, 4.69) is 4.99 Å². The molecule has 0 fully saturated rings. The van der Waals surface area contributed by atoms with Crippen LogP contribution in [-0.2, 0) is 14.1 Å². The Kier molecular flexibility index (Phi) is 5.05. The average Bonchev–Trinajstić information content (AvgIpc) is 3.21. The molecule has 8 nitrogen and oxygen atoms in total. The van der Waals surface area contributed by atoms with E-state index in [9.17, 15) is 19.5 Å². The average molecular weight is 493 g/mol. The predicted molar refractivity (Wildman–Crippen MR) is 137 cm³/mol. The second-order valence-corrected chi connectivity index (χ2v) is 9.04. The fourth-order valence-corrected chi connectivity index (χ4v) is 5.11. The van der Waals surface area contributed by atoms with Crippen LogP contribution in [0.25, 0.3) is 5.76 Å². The van der Waals surface area contributed by atoms with Gasteiger partial charge in [0.15, 0.2) is 0 Å². The van der Waals surface area contributed by atoms with E-state index in [0.717, 1.165) is 10.1 Å². The highest BCUT2D eigenvalue weighted by atomic mass is 16.5. The Morgan fingerprint density at radius 3 is 2.35 bits per heavy atom. The van der Waals surface area contributed by atoms with Gasteiger partial charge in [-0.2, -0.15) is 4.57 Å². The number of nitrogens with zero attached hydrogens (tertiary/aromatic N) is 2. The molecule has 0 saturated heterocycles. The van der Waals surface area contributed by atoms with Gasteiger partial charge < -0.3 is 9.84 Å². The second kappa shape index (κ2) is 8.30. The molecule has 2 heterocycles. The molecular weight excluding hydrogens is 470 g/mol. The zero-order valence-corrected chi connectivity index (χ0v) is 20.1. The summed E-state index contributed by atoms with van der Waals surface area (Å²) in [6, 6.07) is 22.9. The maximum atomic E-state index is 13.5.